The molecule has 0 bridgehead atoms. The number of hydrogen-bond donors (Lipinski definition) is 0. The van der Waals surface area contributed by atoms with Crippen LogP contribution in [0.15, 0.2) is 45.6 Å². The predicted molar refractivity (Wildman–Crippen MR) is 140 cm³/mol. The van der Waals surface area contributed by atoms with E-state index in [0.717, 1.165) is 48.1 Å². The molecule has 2 aliphatic rings. The molecule has 190 valence electrons. The summed E-state index contributed by atoms with van der Waals surface area (Å²) in [5.74, 6) is 0.691. The fraction of sp³-hybridized carbons (Fsp3) is 0.467. The second kappa shape index (κ2) is 10.5. The van der Waals surface area contributed by atoms with Gasteiger partial charge in [-0.1, -0.05) is 38.3 Å². The molecule has 0 aliphatic carbocycles. The Hall–Kier alpha value is -3.12. The molecule has 3 aromatic rings. The van der Waals surface area contributed by atoms with E-state index in [-0.39, 0.29) is 23.2 Å². The number of benzene rings is 2. The van der Waals surface area contributed by atoms with Crippen molar-refractivity contribution >= 4 is 16.9 Å². The zero-order valence-electron chi connectivity index (χ0n) is 21.5. The fourth-order valence-electron chi connectivity index (χ4n) is 5.28. The first-order valence-electron chi connectivity index (χ1n) is 13.2. The van der Waals surface area contributed by atoms with Crippen LogP contribution in [0.4, 0.5) is 0 Å². The van der Waals surface area contributed by atoms with Gasteiger partial charge in [0.15, 0.2) is 5.43 Å². The van der Waals surface area contributed by atoms with E-state index < -0.39 is 6.04 Å². The van der Waals surface area contributed by atoms with E-state index in [9.17, 15) is 9.59 Å². The van der Waals surface area contributed by atoms with E-state index >= 15 is 0 Å². The topological polar surface area (TPSA) is 69.0 Å². The number of rotatable bonds is 9. The van der Waals surface area contributed by atoms with Crippen LogP contribution in [0.3, 0.4) is 0 Å². The van der Waals surface area contributed by atoms with Gasteiger partial charge in [-0.3, -0.25) is 9.59 Å². The summed E-state index contributed by atoms with van der Waals surface area (Å²) in [5, 5.41) is 0.514. The molecular formula is C30H35NO5. The maximum atomic E-state index is 13.8. The van der Waals surface area contributed by atoms with Gasteiger partial charge in [0, 0.05) is 13.2 Å². The van der Waals surface area contributed by atoms with Crippen LogP contribution >= 0.6 is 0 Å². The number of amides is 1. The van der Waals surface area contributed by atoms with E-state index in [1.54, 1.807) is 4.90 Å². The van der Waals surface area contributed by atoms with Crippen LogP contribution in [0.2, 0.25) is 0 Å². The fourth-order valence-corrected chi connectivity index (χ4v) is 5.28. The third-order valence-electron chi connectivity index (χ3n) is 7.47. The number of unbranched alkanes of at least 4 members (excludes halogenated alkanes) is 3. The van der Waals surface area contributed by atoms with Crippen LogP contribution in [0.25, 0.3) is 11.0 Å². The lowest BCUT2D eigenvalue weighted by molar-refractivity contribution is 0.0486. The van der Waals surface area contributed by atoms with Crippen molar-refractivity contribution in [2.45, 2.75) is 71.4 Å². The highest BCUT2D eigenvalue weighted by molar-refractivity contribution is 5.99. The van der Waals surface area contributed by atoms with Crippen LogP contribution < -0.4 is 10.2 Å². The molecule has 0 radical (unpaired) electrons. The van der Waals surface area contributed by atoms with Crippen molar-refractivity contribution in [2.24, 2.45) is 0 Å². The molecule has 3 heterocycles. The Morgan fingerprint density at radius 2 is 1.81 bits per heavy atom. The van der Waals surface area contributed by atoms with Crippen molar-refractivity contribution in [2.75, 3.05) is 19.8 Å². The molecule has 6 heteroatoms. The highest BCUT2D eigenvalue weighted by atomic mass is 16.5. The highest BCUT2D eigenvalue weighted by Crippen LogP contribution is 2.39. The molecule has 1 fully saturated rings. The Balaban J connectivity index is 1.51. The SMILES string of the molecule is CCCCCCOc1ccc(C2c3c(oc4cc(C)c(C)cc4c3=O)C(=O)N2CC2CCCO2)cc1. The average molecular weight is 490 g/mol. The van der Waals surface area contributed by atoms with Gasteiger partial charge in [0.25, 0.3) is 5.91 Å². The van der Waals surface area contributed by atoms with Gasteiger partial charge in [-0.25, -0.2) is 0 Å². The number of hydrogen-bond acceptors (Lipinski definition) is 5. The molecule has 1 aromatic heterocycles. The third kappa shape index (κ3) is 4.66. The molecule has 1 amide bonds. The van der Waals surface area contributed by atoms with Gasteiger partial charge in [0.05, 0.1) is 29.7 Å². The van der Waals surface area contributed by atoms with E-state index in [1.165, 1.54) is 12.8 Å². The number of fused-ring (bicyclic) bond motifs is 2. The number of carbonyl (C=O) groups excluding carboxylic acids is 1. The van der Waals surface area contributed by atoms with Crippen molar-refractivity contribution in [3.8, 4) is 5.75 Å². The molecular weight excluding hydrogens is 454 g/mol. The van der Waals surface area contributed by atoms with Gasteiger partial charge in [-0.05, 0) is 74.1 Å². The first-order valence-corrected chi connectivity index (χ1v) is 13.2. The zero-order valence-corrected chi connectivity index (χ0v) is 21.5. The number of carbonyl (C=O) groups is 1. The summed E-state index contributed by atoms with van der Waals surface area (Å²) < 4.78 is 17.9. The maximum Gasteiger partial charge on any atom is 0.291 e. The van der Waals surface area contributed by atoms with Crippen molar-refractivity contribution in [1.82, 2.24) is 4.90 Å². The molecule has 0 spiro atoms. The monoisotopic (exact) mass is 489 g/mol. The standard InChI is InChI=1S/C30H35NO5/c1-4-5-6-7-14-34-22-12-10-21(11-13-22)27-26-28(32)24-16-19(2)20(3)17-25(24)36-29(26)30(33)31(27)18-23-9-8-15-35-23/h10-13,16-17,23,27H,4-9,14-15,18H2,1-3H3. The molecule has 0 N–H and O–H groups in total. The van der Waals surface area contributed by atoms with Crippen LogP contribution in [-0.2, 0) is 4.74 Å². The lowest BCUT2D eigenvalue weighted by atomic mass is 9.97. The van der Waals surface area contributed by atoms with Crippen LogP contribution in [-0.4, -0.2) is 36.7 Å². The van der Waals surface area contributed by atoms with Crippen molar-refractivity contribution < 1.29 is 18.7 Å². The number of ether oxygens (including phenoxy) is 2. The summed E-state index contributed by atoms with van der Waals surface area (Å²) in [7, 11) is 0. The Kier molecular flexibility index (Phi) is 7.15. The minimum Gasteiger partial charge on any atom is -0.494 e. The van der Waals surface area contributed by atoms with Crippen molar-refractivity contribution in [3.05, 3.63) is 74.6 Å². The van der Waals surface area contributed by atoms with E-state index in [0.29, 0.717) is 36.3 Å². The molecule has 36 heavy (non-hydrogen) atoms. The van der Waals surface area contributed by atoms with Crippen molar-refractivity contribution in [3.63, 3.8) is 0 Å². The smallest absolute Gasteiger partial charge is 0.291 e. The predicted octanol–water partition coefficient (Wildman–Crippen LogP) is 6.09. The Labute approximate surface area is 212 Å². The Bertz CT molecular complexity index is 1300. The molecule has 2 atom stereocenters. The van der Waals surface area contributed by atoms with Crippen LogP contribution in [0.5, 0.6) is 5.75 Å². The number of aryl methyl sites for hydroxylation is 2. The van der Waals surface area contributed by atoms with Crippen molar-refractivity contribution in [1.29, 1.82) is 0 Å². The Morgan fingerprint density at radius 1 is 1.03 bits per heavy atom. The maximum absolute atomic E-state index is 13.8. The zero-order chi connectivity index (χ0) is 25.2. The average Bonchev–Trinajstić information content (AvgIpc) is 3.48. The molecule has 2 aliphatic heterocycles. The summed E-state index contributed by atoms with van der Waals surface area (Å²) in [5.41, 5.74) is 3.65. The second-order valence-electron chi connectivity index (χ2n) is 10.1. The first-order chi connectivity index (χ1) is 17.5. The minimum absolute atomic E-state index is 0.0366. The summed E-state index contributed by atoms with van der Waals surface area (Å²) in [6, 6.07) is 11.0. The first kappa shape index (κ1) is 24.6. The van der Waals surface area contributed by atoms with Gasteiger partial charge >= 0.3 is 0 Å². The largest absolute Gasteiger partial charge is 0.494 e. The lowest BCUT2D eigenvalue weighted by Gasteiger charge is -2.27. The summed E-state index contributed by atoms with van der Waals surface area (Å²) in [6.07, 6.45) is 6.45. The quantitative estimate of drug-likeness (QED) is 0.340. The van der Waals surface area contributed by atoms with E-state index in [2.05, 4.69) is 6.92 Å². The van der Waals surface area contributed by atoms with Gasteiger partial charge in [-0.2, -0.15) is 0 Å². The second-order valence-corrected chi connectivity index (χ2v) is 10.1. The molecule has 2 aromatic carbocycles. The van der Waals surface area contributed by atoms with E-state index in [1.807, 2.05) is 50.2 Å². The van der Waals surface area contributed by atoms with Gasteiger partial charge < -0.3 is 18.8 Å². The molecule has 0 saturated carbocycles. The van der Waals surface area contributed by atoms with Crippen LogP contribution in [0.1, 0.15) is 84.3 Å². The van der Waals surface area contributed by atoms with Crippen LogP contribution in [0, 0.1) is 13.8 Å². The van der Waals surface area contributed by atoms with Gasteiger partial charge in [-0.15, -0.1) is 0 Å². The third-order valence-corrected chi connectivity index (χ3v) is 7.47. The van der Waals surface area contributed by atoms with E-state index in [4.69, 9.17) is 13.9 Å². The van der Waals surface area contributed by atoms with Gasteiger partial charge in [0.2, 0.25) is 5.76 Å². The minimum atomic E-state index is -0.516. The lowest BCUT2D eigenvalue weighted by Crippen LogP contribution is -2.36. The molecule has 5 rings (SSSR count). The molecule has 1 saturated heterocycles. The normalized spacial score (nSPS) is 19.3. The molecule has 2 unspecified atom stereocenters. The summed E-state index contributed by atoms with van der Waals surface area (Å²) >= 11 is 0. The Morgan fingerprint density at radius 3 is 2.53 bits per heavy atom. The number of nitrogens with zero attached hydrogens (tertiary/aromatic N) is 1. The summed E-state index contributed by atoms with van der Waals surface area (Å²) in [4.78, 5) is 29.2. The summed E-state index contributed by atoms with van der Waals surface area (Å²) in [6.45, 7) is 7.97. The van der Waals surface area contributed by atoms with Gasteiger partial charge in [0.1, 0.15) is 11.3 Å². The highest BCUT2D eigenvalue weighted by Gasteiger charge is 2.44. The molecule has 6 nitrogen and oxygen atoms in total.